The van der Waals surface area contributed by atoms with Crippen molar-refractivity contribution in [2.45, 2.75) is 45.5 Å². The second-order valence-electron chi connectivity index (χ2n) is 8.32. The van der Waals surface area contributed by atoms with Crippen LogP contribution in [0.2, 0.25) is 0 Å². The zero-order chi connectivity index (χ0) is 24.9. The van der Waals surface area contributed by atoms with Gasteiger partial charge in [-0.05, 0) is 25.1 Å². The summed E-state index contributed by atoms with van der Waals surface area (Å²) in [5.74, 6) is -1.71. The number of anilines is 1. The zero-order valence-corrected chi connectivity index (χ0v) is 19.4. The van der Waals surface area contributed by atoms with Crippen molar-refractivity contribution in [2.24, 2.45) is 5.92 Å². The van der Waals surface area contributed by atoms with Gasteiger partial charge in [-0.25, -0.2) is 0 Å². The first-order valence-electron chi connectivity index (χ1n) is 10.5. The highest BCUT2D eigenvalue weighted by atomic mass is 19.4. The number of benzene rings is 1. The number of nitrogens with one attached hydrogen (secondary N) is 1. The van der Waals surface area contributed by atoms with Crippen LogP contribution >= 0.6 is 0 Å². The topological polar surface area (TPSA) is 88.2 Å². The van der Waals surface area contributed by atoms with Gasteiger partial charge in [-0.3, -0.25) is 14.4 Å². The molecule has 0 unspecified atom stereocenters. The molecule has 2 rings (SSSR count). The van der Waals surface area contributed by atoms with E-state index in [0.29, 0.717) is 6.54 Å². The number of methoxy groups -OCH3 is 1. The molecule has 1 aromatic carbocycles. The van der Waals surface area contributed by atoms with Crippen LogP contribution in [0.25, 0.3) is 0 Å². The second kappa shape index (κ2) is 10.9. The lowest BCUT2D eigenvalue weighted by Crippen LogP contribution is -2.48. The molecule has 0 saturated heterocycles. The predicted molar refractivity (Wildman–Crippen MR) is 115 cm³/mol. The second-order valence-corrected chi connectivity index (χ2v) is 8.32. The minimum absolute atomic E-state index is 0.0375. The van der Waals surface area contributed by atoms with Gasteiger partial charge >= 0.3 is 6.18 Å². The lowest BCUT2D eigenvalue weighted by Gasteiger charge is -2.35. The van der Waals surface area contributed by atoms with Crippen molar-refractivity contribution in [3.8, 4) is 5.75 Å². The number of nitrogens with zero attached hydrogens (tertiary/aromatic N) is 2. The molecule has 8 nitrogen and oxygen atoms in total. The van der Waals surface area contributed by atoms with Crippen molar-refractivity contribution in [3.05, 3.63) is 23.8 Å². The summed E-state index contributed by atoms with van der Waals surface area (Å²) in [5, 5.41) is 2.17. The Balaban J connectivity index is 2.40. The Morgan fingerprint density at radius 2 is 1.91 bits per heavy atom. The van der Waals surface area contributed by atoms with Gasteiger partial charge in [0.05, 0.1) is 17.7 Å². The molecule has 1 heterocycles. The Bertz CT molecular complexity index is 877. The van der Waals surface area contributed by atoms with E-state index in [4.69, 9.17) is 9.47 Å². The van der Waals surface area contributed by atoms with Crippen LogP contribution in [0.15, 0.2) is 18.2 Å². The fourth-order valence-corrected chi connectivity index (χ4v) is 3.68. The van der Waals surface area contributed by atoms with Crippen LogP contribution < -0.4 is 10.1 Å². The van der Waals surface area contributed by atoms with Crippen LogP contribution in [0, 0.1) is 5.92 Å². The molecule has 1 aliphatic rings. The monoisotopic (exact) mass is 473 g/mol. The first kappa shape index (κ1) is 26.4. The van der Waals surface area contributed by atoms with Crippen LogP contribution in [0.4, 0.5) is 18.9 Å². The van der Waals surface area contributed by atoms with E-state index < -0.39 is 24.4 Å². The molecule has 0 saturated carbocycles. The molecule has 0 radical (unpaired) electrons. The number of likely N-dealkylation sites (N-methyl/N-ethyl adjacent to an activating group) is 1. The Hall–Kier alpha value is -2.82. The number of rotatable bonds is 3. The lowest BCUT2D eigenvalue weighted by molar-refractivity contribution is -0.150. The van der Waals surface area contributed by atoms with Crippen molar-refractivity contribution in [1.29, 1.82) is 0 Å². The van der Waals surface area contributed by atoms with Gasteiger partial charge in [0.1, 0.15) is 18.8 Å². The van der Waals surface area contributed by atoms with Gasteiger partial charge in [0, 0.05) is 45.8 Å². The van der Waals surface area contributed by atoms with Gasteiger partial charge in [0.2, 0.25) is 11.8 Å². The Kier molecular flexibility index (Phi) is 8.70. The summed E-state index contributed by atoms with van der Waals surface area (Å²) >= 11 is 0. The Labute approximate surface area is 191 Å². The lowest BCUT2D eigenvalue weighted by atomic mass is 10.0. The van der Waals surface area contributed by atoms with Crippen LogP contribution in [0.5, 0.6) is 5.75 Å². The van der Waals surface area contributed by atoms with Crippen LogP contribution in [-0.4, -0.2) is 79.7 Å². The quantitative estimate of drug-likeness (QED) is 0.730. The molecular formula is C22H30F3N3O5. The van der Waals surface area contributed by atoms with Crippen LogP contribution in [0.3, 0.4) is 0 Å². The van der Waals surface area contributed by atoms with E-state index in [-0.39, 0.29) is 54.1 Å². The van der Waals surface area contributed by atoms with Gasteiger partial charge in [-0.1, -0.05) is 6.92 Å². The molecule has 0 aliphatic carbocycles. The van der Waals surface area contributed by atoms with Crippen LogP contribution in [0.1, 0.15) is 37.6 Å². The normalized spacial score (nSPS) is 22.5. The number of hydrogen-bond acceptors (Lipinski definition) is 5. The SMILES string of the molecule is CO[C@@H]1CN(C)C(=O)c2cc(NC(=O)CC(F)(F)F)ccc2OC[C@H](C)N(C(C)=O)C[C@@H]1C. The smallest absolute Gasteiger partial charge is 0.397 e. The molecule has 184 valence electrons. The van der Waals surface area contributed by atoms with Crippen molar-refractivity contribution in [2.75, 3.05) is 39.2 Å². The third-order valence-corrected chi connectivity index (χ3v) is 5.49. The summed E-state index contributed by atoms with van der Waals surface area (Å²) in [4.78, 5) is 40.2. The number of ether oxygens (including phenoxy) is 2. The largest absolute Gasteiger partial charge is 0.491 e. The summed E-state index contributed by atoms with van der Waals surface area (Å²) in [5.41, 5.74) is 0.113. The Morgan fingerprint density at radius 3 is 2.48 bits per heavy atom. The fraction of sp³-hybridized carbons (Fsp3) is 0.591. The minimum atomic E-state index is -4.65. The highest BCUT2D eigenvalue weighted by Crippen LogP contribution is 2.27. The third-order valence-electron chi connectivity index (χ3n) is 5.49. The van der Waals surface area contributed by atoms with Crippen molar-refractivity contribution in [3.63, 3.8) is 0 Å². The van der Waals surface area contributed by atoms with Crippen LogP contribution in [-0.2, 0) is 14.3 Å². The first-order valence-corrected chi connectivity index (χ1v) is 10.5. The molecule has 3 atom stereocenters. The van der Waals surface area contributed by atoms with E-state index in [1.165, 1.54) is 37.1 Å². The van der Waals surface area contributed by atoms with E-state index in [1.54, 1.807) is 11.9 Å². The first-order chi connectivity index (χ1) is 15.3. The molecule has 0 fully saturated rings. The number of amides is 3. The summed E-state index contributed by atoms with van der Waals surface area (Å²) in [6.45, 7) is 5.92. The highest BCUT2D eigenvalue weighted by molar-refractivity contribution is 5.99. The molecule has 0 bridgehead atoms. The molecule has 1 aliphatic heterocycles. The van der Waals surface area contributed by atoms with Gasteiger partial charge < -0.3 is 24.6 Å². The number of carbonyl (C=O) groups excluding carboxylic acids is 3. The van der Waals surface area contributed by atoms with Gasteiger partial charge in [0.15, 0.2) is 0 Å². The molecule has 11 heteroatoms. The molecule has 1 aromatic rings. The maximum atomic E-state index is 13.2. The van der Waals surface area contributed by atoms with E-state index in [2.05, 4.69) is 5.32 Å². The number of fused-ring (bicyclic) bond motifs is 1. The number of halogens is 3. The van der Waals surface area contributed by atoms with Crippen molar-refractivity contribution in [1.82, 2.24) is 9.80 Å². The molecule has 0 aromatic heterocycles. The predicted octanol–water partition coefficient (Wildman–Crippen LogP) is 2.93. The summed E-state index contributed by atoms with van der Waals surface area (Å²) in [7, 11) is 3.09. The van der Waals surface area contributed by atoms with E-state index in [1.807, 2.05) is 13.8 Å². The maximum Gasteiger partial charge on any atom is 0.397 e. The maximum absolute atomic E-state index is 13.2. The molecule has 3 amide bonds. The summed E-state index contributed by atoms with van der Waals surface area (Å²) < 4.78 is 48.9. The van der Waals surface area contributed by atoms with E-state index >= 15 is 0 Å². The average Bonchev–Trinajstić information content (AvgIpc) is 2.71. The van der Waals surface area contributed by atoms with E-state index in [9.17, 15) is 27.6 Å². The van der Waals surface area contributed by atoms with Crippen molar-refractivity contribution < 1.29 is 37.0 Å². The zero-order valence-electron chi connectivity index (χ0n) is 19.4. The molecule has 1 N–H and O–H groups in total. The fourth-order valence-electron chi connectivity index (χ4n) is 3.68. The molecule has 33 heavy (non-hydrogen) atoms. The summed E-state index contributed by atoms with van der Waals surface area (Å²) in [6, 6.07) is 3.75. The summed E-state index contributed by atoms with van der Waals surface area (Å²) in [6.07, 6.45) is -6.66. The number of carbonyl (C=O) groups is 3. The molecular weight excluding hydrogens is 443 g/mol. The Morgan fingerprint density at radius 1 is 1.24 bits per heavy atom. The van der Waals surface area contributed by atoms with Crippen molar-refractivity contribution >= 4 is 23.4 Å². The molecule has 0 spiro atoms. The van der Waals surface area contributed by atoms with Gasteiger partial charge in [-0.2, -0.15) is 13.2 Å². The average molecular weight is 473 g/mol. The van der Waals surface area contributed by atoms with E-state index in [0.717, 1.165) is 0 Å². The number of hydrogen-bond donors (Lipinski definition) is 1. The van der Waals surface area contributed by atoms with Gasteiger partial charge in [-0.15, -0.1) is 0 Å². The standard InChI is InChI=1S/C22H30F3N3O5/c1-13-10-28(15(3)29)14(2)12-33-18-7-6-16(26-20(30)9-22(23,24)25)8-17(18)21(31)27(4)11-19(13)32-5/h6-8,13-14,19H,9-12H2,1-5H3,(H,26,30)/t13-,14-,19+/m0/s1. The van der Waals surface area contributed by atoms with Gasteiger partial charge in [0.25, 0.3) is 5.91 Å². The minimum Gasteiger partial charge on any atom is -0.491 e. The number of alkyl halides is 3. The third kappa shape index (κ3) is 7.34. The highest BCUT2D eigenvalue weighted by Gasteiger charge is 2.32.